The van der Waals surface area contributed by atoms with E-state index < -0.39 is 5.97 Å². The first kappa shape index (κ1) is 20.9. The van der Waals surface area contributed by atoms with Gasteiger partial charge in [0, 0.05) is 5.56 Å². The Hall–Kier alpha value is -2.82. The Morgan fingerprint density at radius 2 is 1.55 bits per heavy atom. The second-order valence-electron chi connectivity index (χ2n) is 8.88. The van der Waals surface area contributed by atoms with Crippen molar-refractivity contribution in [2.45, 2.75) is 51.4 Å². The first-order valence-electron chi connectivity index (χ1n) is 9.85. The molecule has 0 fully saturated rings. The maximum absolute atomic E-state index is 11.5. The van der Waals surface area contributed by atoms with Gasteiger partial charge in [0.05, 0.1) is 12.7 Å². The van der Waals surface area contributed by atoms with E-state index in [4.69, 9.17) is 9.47 Å². The van der Waals surface area contributed by atoms with Crippen LogP contribution in [0, 0.1) is 0 Å². The third-order valence-corrected chi connectivity index (χ3v) is 5.96. The van der Waals surface area contributed by atoms with Crippen molar-refractivity contribution >= 4 is 11.7 Å². The lowest BCUT2D eigenvalue weighted by atomic mass is 9.63. The summed E-state index contributed by atoms with van der Waals surface area (Å²) in [5.74, 6) is 0.187. The number of hydrogen-bond acceptors (Lipinski definition) is 5. The summed E-state index contributed by atoms with van der Waals surface area (Å²) in [4.78, 5) is 11.5. The largest absolute Gasteiger partial charge is 0.487 e. The van der Waals surface area contributed by atoms with Gasteiger partial charge in [-0.15, -0.1) is 0 Å². The molecule has 3 rings (SSSR count). The zero-order valence-corrected chi connectivity index (χ0v) is 17.8. The number of fused-ring (bicyclic) bond motifs is 1. The third-order valence-electron chi connectivity index (χ3n) is 5.96. The zero-order valence-electron chi connectivity index (χ0n) is 17.8. The molecule has 0 aromatic heterocycles. The van der Waals surface area contributed by atoms with Crippen molar-refractivity contribution in [2.75, 3.05) is 13.7 Å². The quantitative estimate of drug-likeness (QED) is 0.332. The molecule has 0 saturated heterocycles. The molecule has 0 radical (unpaired) electrons. The molecule has 1 aliphatic carbocycles. The van der Waals surface area contributed by atoms with Gasteiger partial charge in [-0.1, -0.05) is 45.0 Å². The van der Waals surface area contributed by atoms with E-state index in [2.05, 4.69) is 45.0 Å². The second-order valence-corrected chi connectivity index (χ2v) is 8.88. The van der Waals surface area contributed by atoms with Gasteiger partial charge in [0.25, 0.3) is 0 Å². The average molecular weight is 395 g/mol. The Labute approximate surface area is 172 Å². The van der Waals surface area contributed by atoms with E-state index in [0.29, 0.717) is 17.0 Å². The number of rotatable bonds is 5. The smallest absolute Gasteiger partial charge is 0.337 e. The van der Waals surface area contributed by atoms with Crippen molar-refractivity contribution < 1.29 is 19.5 Å². The molecule has 0 unspecified atom stereocenters. The molecule has 154 valence electrons. The van der Waals surface area contributed by atoms with Gasteiger partial charge in [-0.25, -0.2) is 4.79 Å². The first-order chi connectivity index (χ1) is 13.7. The van der Waals surface area contributed by atoms with Gasteiger partial charge in [-0.2, -0.15) is 0 Å². The topological polar surface area (TPSA) is 68.1 Å². The first-order valence-corrected chi connectivity index (χ1v) is 9.85. The van der Waals surface area contributed by atoms with Crippen molar-refractivity contribution in [1.29, 1.82) is 0 Å². The maximum atomic E-state index is 11.5. The fourth-order valence-corrected chi connectivity index (χ4v) is 3.89. The molecular formula is C24H29NO4. The van der Waals surface area contributed by atoms with Crippen LogP contribution in [0.25, 0.3) is 0 Å². The lowest BCUT2D eigenvalue weighted by Gasteiger charge is -2.42. The van der Waals surface area contributed by atoms with Gasteiger partial charge < -0.3 is 14.7 Å². The van der Waals surface area contributed by atoms with Gasteiger partial charge in [0.15, 0.2) is 0 Å². The minimum Gasteiger partial charge on any atom is -0.487 e. The number of benzene rings is 2. The molecule has 2 aromatic carbocycles. The van der Waals surface area contributed by atoms with E-state index in [1.54, 1.807) is 24.3 Å². The highest BCUT2D eigenvalue weighted by Gasteiger charge is 2.37. The molecule has 5 nitrogen and oxygen atoms in total. The number of nitrogens with zero attached hydrogens (tertiary/aromatic N) is 1. The van der Waals surface area contributed by atoms with E-state index in [-0.39, 0.29) is 17.4 Å². The lowest BCUT2D eigenvalue weighted by Crippen LogP contribution is -2.34. The van der Waals surface area contributed by atoms with E-state index in [9.17, 15) is 10.0 Å². The summed E-state index contributed by atoms with van der Waals surface area (Å²) in [7, 11) is 1.34. The summed E-state index contributed by atoms with van der Waals surface area (Å²) >= 11 is 0. The van der Waals surface area contributed by atoms with Crippen LogP contribution in [0.2, 0.25) is 0 Å². The number of methoxy groups -OCH3 is 1. The number of hydrogen-bond donors (Lipinski definition) is 1. The fraction of sp³-hybridized carbons (Fsp3) is 0.417. The predicted molar refractivity (Wildman–Crippen MR) is 113 cm³/mol. The highest BCUT2D eigenvalue weighted by Crippen LogP contribution is 2.45. The maximum Gasteiger partial charge on any atom is 0.337 e. The Morgan fingerprint density at radius 1 is 0.966 bits per heavy atom. The van der Waals surface area contributed by atoms with Crippen LogP contribution in [-0.4, -0.2) is 30.6 Å². The normalized spacial score (nSPS) is 17.3. The van der Waals surface area contributed by atoms with Crippen molar-refractivity contribution in [3.05, 3.63) is 64.7 Å². The second kappa shape index (κ2) is 7.90. The predicted octanol–water partition coefficient (Wildman–Crippen LogP) is 5.08. The highest BCUT2D eigenvalue weighted by molar-refractivity contribution is 6.01. The number of esters is 1. The summed E-state index contributed by atoms with van der Waals surface area (Å²) in [6.45, 7) is 9.21. The van der Waals surface area contributed by atoms with Crippen molar-refractivity contribution in [2.24, 2.45) is 5.16 Å². The molecule has 0 atom stereocenters. The van der Waals surface area contributed by atoms with Crippen molar-refractivity contribution in [3.8, 4) is 5.75 Å². The van der Waals surface area contributed by atoms with Gasteiger partial charge >= 0.3 is 5.97 Å². The van der Waals surface area contributed by atoms with Crippen LogP contribution in [0.15, 0.2) is 47.6 Å². The van der Waals surface area contributed by atoms with Crippen molar-refractivity contribution in [3.63, 3.8) is 0 Å². The summed E-state index contributed by atoms with van der Waals surface area (Å²) in [5.41, 5.74) is 4.63. The summed E-state index contributed by atoms with van der Waals surface area (Å²) in [6, 6.07) is 13.0. The molecule has 0 saturated carbocycles. The van der Waals surface area contributed by atoms with Gasteiger partial charge in [-0.05, 0) is 65.1 Å². The zero-order chi connectivity index (χ0) is 21.2. The van der Waals surface area contributed by atoms with Gasteiger partial charge in [-0.3, -0.25) is 0 Å². The SMILES string of the molecule is COC(=O)c1ccc(OC/C(=N/O)c2ccc3c(c2)C(C)(C)CCC3(C)C)cc1. The van der Waals surface area contributed by atoms with E-state index >= 15 is 0 Å². The fourth-order valence-electron chi connectivity index (χ4n) is 3.89. The number of oxime groups is 1. The third kappa shape index (κ3) is 4.29. The van der Waals surface area contributed by atoms with Gasteiger partial charge in [0.2, 0.25) is 0 Å². The van der Waals surface area contributed by atoms with Crippen LogP contribution in [0.4, 0.5) is 0 Å². The lowest BCUT2D eigenvalue weighted by molar-refractivity contribution is 0.0600. The molecule has 2 aromatic rings. The summed E-state index contributed by atoms with van der Waals surface area (Å²) < 4.78 is 10.5. The van der Waals surface area contributed by atoms with Crippen LogP contribution < -0.4 is 4.74 Å². The van der Waals surface area contributed by atoms with E-state index in [1.165, 1.54) is 18.2 Å². The molecule has 0 heterocycles. The standard InChI is InChI=1S/C24H29NO4/c1-23(2)12-13-24(3,4)20-14-17(8-11-19(20)23)21(25-27)15-29-18-9-6-16(7-10-18)22(26)28-5/h6-11,14,27H,12-13,15H2,1-5H3/b25-21-. The summed E-state index contributed by atoms with van der Waals surface area (Å²) in [6.07, 6.45) is 2.27. The average Bonchev–Trinajstić information content (AvgIpc) is 2.72. The Balaban J connectivity index is 1.80. The molecule has 29 heavy (non-hydrogen) atoms. The Bertz CT molecular complexity index is 926. The number of ether oxygens (including phenoxy) is 2. The van der Waals surface area contributed by atoms with Crippen LogP contribution in [0.3, 0.4) is 0 Å². The molecule has 5 heteroatoms. The molecule has 0 amide bonds. The molecular weight excluding hydrogens is 366 g/mol. The molecule has 1 aliphatic rings. The monoisotopic (exact) mass is 395 g/mol. The molecule has 1 N–H and O–H groups in total. The summed E-state index contributed by atoms with van der Waals surface area (Å²) in [5, 5.41) is 13.1. The number of carbonyl (C=O) groups is 1. The van der Waals surface area contributed by atoms with Crippen molar-refractivity contribution in [1.82, 2.24) is 0 Å². The van der Waals surface area contributed by atoms with Crippen LogP contribution in [0.1, 0.15) is 67.6 Å². The molecule has 0 spiro atoms. The van der Waals surface area contributed by atoms with Crippen LogP contribution in [-0.2, 0) is 15.6 Å². The van der Waals surface area contributed by atoms with Crippen LogP contribution in [0.5, 0.6) is 5.75 Å². The van der Waals surface area contributed by atoms with E-state index in [1.807, 2.05) is 6.07 Å². The number of carbonyl (C=O) groups excluding carboxylic acids is 1. The van der Waals surface area contributed by atoms with Gasteiger partial charge in [0.1, 0.15) is 18.1 Å². The van der Waals surface area contributed by atoms with E-state index in [0.717, 1.165) is 18.4 Å². The molecule has 0 bridgehead atoms. The highest BCUT2D eigenvalue weighted by atomic mass is 16.5. The minimum absolute atomic E-state index is 0.0754. The van der Waals surface area contributed by atoms with Crippen LogP contribution >= 0.6 is 0 Å². The minimum atomic E-state index is -0.395. The molecule has 0 aliphatic heterocycles. The Morgan fingerprint density at radius 3 is 2.14 bits per heavy atom. The Kier molecular flexibility index (Phi) is 5.69.